The van der Waals surface area contributed by atoms with Crippen LogP contribution >= 0.6 is 0 Å². The van der Waals surface area contributed by atoms with E-state index in [2.05, 4.69) is 15.3 Å². The number of aliphatic hydroxyl groups excluding tert-OH is 1. The Labute approximate surface area is 146 Å². The van der Waals surface area contributed by atoms with Gasteiger partial charge in [-0.3, -0.25) is 10.2 Å². The zero-order valence-electron chi connectivity index (χ0n) is 14.0. The molecule has 7 nitrogen and oxygen atoms in total. The molecule has 132 valence electrons. The molecular weight excluding hydrogens is 318 g/mol. The van der Waals surface area contributed by atoms with E-state index >= 15 is 0 Å². The third-order valence-corrected chi connectivity index (χ3v) is 3.61. The molecule has 7 heteroatoms. The Bertz CT molecular complexity index is 716. The van der Waals surface area contributed by atoms with E-state index in [-0.39, 0.29) is 24.6 Å². The van der Waals surface area contributed by atoms with Crippen molar-refractivity contribution in [3.8, 4) is 11.1 Å². The van der Waals surface area contributed by atoms with Crippen LogP contribution in [-0.2, 0) is 11.2 Å². The Kier molecular flexibility index (Phi) is 7.03. The molecule has 2 rings (SSSR count). The predicted octanol–water partition coefficient (Wildman–Crippen LogP) is 1.77. The summed E-state index contributed by atoms with van der Waals surface area (Å²) in [6, 6.07) is 7.89. The highest BCUT2D eigenvalue weighted by molar-refractivity contribution is 5.98. The van der Waals surface area contributed by atoms with Gasteiger partial charge in [0.1, 0.15) is 5.78 Å². The molecule has 0 saturated carbocycles. The number of Topliss-reactive ketones (excluding diaryl/α,β-unsaturated/α-hetero) is 1. The summed E-state index contributed by atoms with van der Waals surface area (Å²) < 4.78 is 0. The predicted molar refractivity (Wildman–Crippen MR) is 97.5 cm³/mol. The third kappa shape index (κ3) is 6.31. The first-order chi connectivity index (χ1) is 12.1. The van der Waals surface area contributed by atoms with E-state index in [9.17, 15) is 4.79 Å². The second-order valence-corrected chi connectivity index (χ2v) is 5.74. The van der Waals surface area contributed by atoms with Gasteiger partial charge in [0.15, 0.2) is 0 Å². The fraction of sp³-hybridized carbons (Fsp3) is 0.333. The number of aryl methyl sites for hydroxylation is 1. The first kappa shape index (κ1) is 18.5. The second kappa shape index (κ2) is 9.48. The van der Waals surface area contributed by atoms with E-state index in [4.69, 9.17) is 16.2 Å². The van der Waals surface area contributed by atoms with Gasteiger partial charge in [-0.1, -0.05) is 24.3 Å². The number of benzene rings is 1. The van der Waals surface area contributed by atoms with Crippen LogP contribution in [0, 0.1) is 5.41 Å². The number of carbonyl (C=O) groups excluding carboxylic acids is 1. The summed E-state index contributed by atoms with van der Waals surface area (Å²) >= 11 is 0. The normalized spacial score (nSPS) is 10.4. The standard InChI is InChI=1S/C18H23N5O2/c19-17(20)10-16(25)6-5-13-3-1-4-14(9-13)15-11-22-18(23-12-15)21-7-2-8-24/h1,3-4,9,11-12,24H,2,5-8,10H2,(H3,19,20)(H,21,22,23). The van der Waals surface area contributed by atoms with Crippen molar-refractivity contribution in [3.63, 3.8) is 0 Å². The summed E-state index contributed by atoms with van der Waals surface area (Å²) in [6.07, 6.45) is 5.13. The van der Waals surface area contributed by atoms with Gasteiger partial charge in [-0.2, -0.15) is 0 Å². The van der Waals surface area contributed by atoms with Crippen molar-refractivity contribution < 1.29 is 9.90 Å². The summed E-state index contributed by atoms with van der Waals surface area (Å²) in [5.74, 6) is 0.409. The number of hydrogen-bond acceptors (Lipinski definition) is 6. The Morgan fingerprint density at radius 3 is 2.68 bits per heavy atom. The molecule has 1 heterocycles. The number of rotatable bonds is 10. The van der Waals surface area contributed by atoms with Crippen LogP contribution in [0.1, 0.15) is 24.8 Å². The first-order valence-corrected chi connectivity index (χ1v) is 8.19. The van der Waals surface area contributed by atoms with Crippen LogP contribution in [0.25, 0.3) is 11.1 Å². The van der Waals surface area contributed by atoms with Crippen molar-refractivity contribution in [1.82, 2.24) is 9.97 Å². The molecule has 1 aromatic heterocycles. The molecule has 0 amide bonds. The van der Waals surface area contributed by atoms with Crippen LogP contribution < -0.4 is 11.1 Å². The van der Waals surface area contributed by atoms with Gasteiger partial charge in [-0.25, -0.2) is 9.97 Å². The number of ketones is 1. The SMILES string of the molecule is N=C(N)CC(=O)CCc1cccc(-c2cnc(NCCCO)nc2)c1. The van der Waals surface area contributed by atoms with Crippen molar-refractivity contribution in [1.29, 1.82) is 5.41 Å². The Morgan fingerprint density at radius 2 is 2.00 bits per heavy atom. The van der Waals surface area contributed by atoms with Crippen LogP contribution in [0.4, 0.5) is 5.95 Å². The molecule has 0 fully saturated rings. The molecular formula is C18H23N5O2. The van der Waals surface area contributed by atoms with Crippen molar-refractivity contribution >= 4 is 17.6 Å². The Morgan fingerprint density at radius 1 is 1.24 bits per heavy atom. The molecule has 5 N–H and O–H groups in total. The minimum absolute atomic E-state index is 0.0122. The highest BCUT2D eigenvalue weighted by Crippen LogP contribution is 2.20. The number of aliphatic hydroxyl groups is 1. The van der Waals surface area contributed by atoms with Gasteiger partial charge in [0.2, 0.25) is 5.95 Å². The maximum atomic E-state index is 11.7. The van der Waals surface area contributed by atoms with Crippen LogP contribution in [0.5, 0.6) is 0 Å². The largest absolute Gasteiger partial charge is 0.396 e. The fourth-order valence-electron chi connectivity index (χ4n) is 2.34. The topological polar surface area (TPSA) is 125 Å². The van der Waals surface area contributed by atoms with Crippen LogP contribution in [0.2, 0.25) is 0 Å². The number of hydrogen-bond donors (Lipinski definition) is 4. The summed E-state index contributed by atoms with van der Waals surface area (Å²) in [7, 11) is 0. The molecule has 1 aromatic carbocycles. The van der Waals surface area contributed by atoms with E-state index in [1.165, 1.54) is 0 Å². The lowest BCUT2D eigenvalue weighted by Gasteiger charge is -2.07. The zero-order valence-corrected chi connectivity index (χ0v) is 14.0. The molecule has 0 radical (unpaired) electrons. The summed E-state index contributed by atoms with van der Waals surface area (Å²) in [6.45, 7) is 0.756. The van der Waals surface area contributed by atoms with Gasteiger partial charge in [0.05, 0.1) is 12.3 Å². The lowest BCUT2D eigenvalue weighted by atomic mass is 10.0. The third-order valence-electron chi connectivity index (χ3n) is 3.61. The number of nitrogens with one attached hydrogen (secondary N) is 2. The average molecular weight is 341 g/mol. The molecule has 0 aliphatic carbocycles. The highest BCUT2D eigenvalue weighted by Gasteiger charge is 2.06. The number of nitrogens with two attached hydrogens (primary N) is 1. The molecule has 25 heavy (non-hydrogen) atoms. The highest BCUT2D eigenvalue weighted by atomic mass is 16.3. The minimum Gasteiger partial charge on any atom is -0.396 e. The maximum absolute atomic E-state index is 11.7. The van der Waals surface area contributed by atoms with Gasteiger partial charge in [-0.05, 0) is 24.0 Å². The van der Waals surface area contributed by atoms with Crippen LogP contribution in [-0.4, -0.2) is 39.8 Å². The molecule has 0 unspecified atom stereocenters. The van der Waals surface area contributed by atoms with Crippen molar-refractivity contribution in [3.05, 3.63) is 42.2 Å². The zero-order chi connectivity index (χ0) is 18.1. The van der Waals surface area contributed by atoms with E-state index in [0.29, 0.717) is 31.8 Å². The van der Waals surface area contributed by atoms with E-state index < -0.39 is 0 Å². The lowest BCUT2D eigenvalue weighted by Crippen LogP contribution is -2.15. The number of amidine groups is 1. The molecule has 0 bridgehead atoms. The van der Waals surface area contributed by atoms with E-state index in [1.807, 2.05) is 24.3 Å². The van der Waals surface area contributed by atoms with Gasteiger partial charge in [0.25, 0.3) is 0 Å². The van der Waals surface area contributed by atoms with Crippen molar-refractivity contribution in [2.24, 2.45) is 5.73 Å². The van der Waals surface area contributed by atoms with Crippen LogP contribution in [0.3, 0.4) is 0 Å². The van der Waals surface area contributed by atoms with Gasteiger partial charge in [0, 0.05) is 37.5 Å². The summed E-state index contributed by atoms with van der Waals surface area (Å²) in [5.41, 5.74) is 8.16. The molecule has 0 aliphatic rings. The number of nitrogens with zero attached hydrogens (tertiary/aromatic N) is 2. The lowest BCUT2D eigenvalue weighted by molar-refractivity contribution is -0.117. The monoisotopic (exact) mass is 341 g/mol. The Balaban J connectivity index is 1.98. The first-order valence-electron chi connectivity index (χ1n) is 8.19. The molecule has 2 aromatic rings. The second-order valence-electron chi connectivity index (χ2n) is 5.74. The smallest absolute Gasteiger partial charge is 0.222 e. The van der Waals surface area contributed by atoms with Crippen molar-refractivity contribution in [2.75, 3.05) is 18.5 Å². The number of anilines is 1. The molecule has 0 atom stereocenters. The minimum atomic E-state index is -0.0939. The van der Waals surface area contributed by atoms with Gasteiger partial charge < -0.3 is 16.2 Å². The molecule has 0 aliphatic heterocycles. The van der Waals surface area contributed by atoms with Crippen molar-refractivity contribution in [2.45, 2.75) is 25.7 Å². The molecule has 0 spiro atoms. The maximum Gasteiger partial charge on any atom is 0.222 e. The summed E-state index contributed by atoms with van der Waals surface area (Å²) in [4.78, 5) is 20.2. The van der Waals surface area contributed by atoms with Crippen LogP contribution in [0.15, 0.2) is 36.7 Å². The molecule has 0 saturated heterocycles. The van der Waals surface area contributed by atoms with Gasteiger partial charge >= 0.3 is 0 Å². The number of carbonyl (C=O) groups is 1. The van der Waals surface area contributed by atoms with Gasteiger partial charge in [-0.15, -0.1) is 0 Å². The quantitative estimate of drug-likeness (QED) is 0.296. The summed E-state index contributed by atoms with van der Waals surface area (Å²) in [5, 5.41) is 19.0. The average Bonchev–Trinajstić information content (AvgIpc) is 2.60. The fourth-order valence-corrected chi connectivity index (χ4v) is 2.34. The van der Waals surface area contributed by atoms with E-state index in [0.717, 1.165) is 16.7 Å². The van der Waals surface area contributed by atoms with E-state index in [1.54, 1.807) is 12.4 Å². The Hall–Kier alpha value is -2.80. The number of aromatic nitrogens is 2.